The fourth-order valence-electron chi connectivity index (χ4n) is 2.12. The van der Waals surface area contributed by atoms with Gasteiger partial charge >= 0.3 is 11.9 Å². The third-order valence-electron chi connectivity index (χ3n) is 2.78. The lowest BCUT2D eigenvalue weighted by molar-refractivity contribution is -0.138. The molecule has 4 heteroatoms. The topological polar surface area (TPSA) is 74.6 Å². The highest BCUT2D eigenvalue weighted by atomic mass is 16.4. The third-order valence-corrected chi connectivity index (χ3v) is 2.78. The first kappa shape index (κ1) is 9.71. The molecule has 0 fully saturated rings. The number of carbonyl (C=O) groups is 2. The highest BCUT2D eigenvalue weighted by molar-refractivity contribution is 5.93. The predicted molar refractivity (Wildman–Crippen MR) is 52.1 cm³/mol. The second-order valence-electron chi connectivity index (χ2n) is 3.61. The Kier molecular flexibility index (Phi) is 2.19. The van der Waals surface area contributed by atoms with Crippen molar-refractivity contribution in [1.82, 2.24) is 0 Å². The van der Waals surface area contributed by atoms with Gasteiger partial charge in [0.1, 0.15) is 0 Å². The summed E-state index contributed by atoms with van der Waals surface area (Å²) in [5.41, 5.74) is 1.46. The van der Waals surface area contributed by atoms with E-state index in [1.54, 1.807) is 12.1 Å². The van der Waals surface area contributed by atoms with E-state index in [0.29, 0.717) is 18.4 Å². The van der Waals surface area contributed by atoms with Crippen LogP contribution in [0.5, 0.6) is 0 Å². The zero-order valence-corrected chi connectivity index (χ0v) is 7.93. The fraction of sp³-hybridized carbons (Fsp3) is 0.273. The summed E-state index contributed by atoms with van der Waals surface area (Å²) in [5, 5.41) is 17.9. The van der Waals surface area contributed by atoms with Gasteiger partial charge in [0.25, 0.3) is 0 Å². The Balaban J connectivity index is 2.58. The van der Waals surface area contributed by atoms with Crippen molar-refractivity contribution in [3.63, 3.8) is 0 Å². The quantitative estimate of drug-likeness (QED) is 0.768. The summed E-state index contributed by atoms with van der Waals surface area (Å²) in [7, 11) is 0. The van der Waals surface area contributed by atoms with Crippen LogP contribution in [0.25, 0.3) is 0 Å². The number of rotatable bonds is 2. The van der Waals surface area contributed by atoms with Crippen molar-refractivity contribution in [2.75, 3.05) is 0 Å². The molecule has 1 aliphatic rings. The van der Waals surface area contributed by atoms with Crippen LogP contribution in [0.3, 0.4) is 0 Å². The Labute approximate surface area is 86.2 Å². The van der Waals surface area contributed by atoms with Gasteiger partial charge in [0.05, 0.1) is 11.5 Å². The Hall–Kier alpha value is -1.84. The second-order valence-corrected chi connectivity index (χ2v) is 3.61. The smallest absolute Gasteiger partial charge is 0.335 e. The fourth-order valence-corrected chi connectivity index (χ4v) is 2.12. The van der Waals surface area contributed by atoms with Gasteiger partial charge in [-0.3, -0.25) is 4.79 Å². The van der Waals surface area contributed by atoms with Crippen LogP contribution >= 0.6 is 0 Å². The van der Waals surface area contributed by atoms with E-state index in [4.69, 9.17) is 10.2 Å². The molecular weight excluding hydrogens is 196 g/mol. The van der Waals surface area contributed by atoms with Crippen molar-refractivity contribution in [3.05, 3.63) is 34.9 Å². The van der Waals surface area contributed by atoms with E-state index in [2.05, 4.69) is 0 Å². The van der Waals surface area contributed by atoms with Crippen LogP contribution in [0.15, 0.2) is 18.2 Å². The summed E-state index contributed by atoms with van der Waals surface area (Å²) < 4.78 is 0. The molecule has 2 N–H and O–H groups in total. The van der Waals surface area contributed by atoms with E-state index in [1.165, 1.54) is 6.07 Å². The summed E-state index contributed by atoms with van der Waals surface area (Å²) in [4.78, 5) is 21.9. The molecule has 0 saturated heterocycles. The van der Waals surface area contributed by atoms with Gasteiger partial charge in [0.2, 0.25) is 0 Å². The summed E-state index contributed by atoms with van der Waals surface area (Å²) in [6.45, 7) is 0. The number of aromatic carboxylic acids is 1. The number of benzene rings is 1. The van der Waals surface area contributed by atoms with E-state index in [-0.39, 0.29) is 5.56 Å². The van der Waals surface area contributed by atoms with E-state index < -0.39 is 17.9 Å². The largest absolute Gasteiger partial charge is 0.481 e. The molecular formula is C11H10O4. The first-order valence-electron chi connectivity index (χ1n) is 4.69. The average Bonchev–Trinajstić information content (AvgIpc) is 2.60. The number of aryl methyl sites for hydroxylation is 1. The molecule has 1 aliphatic carbocycles. The minimum absolute atomic E-state index is 0.123. The SMILES string of the molecule is O=C(O)c1cccc2c1C(C(=O)O)CC2. The van der Waals surface area contributed by atoms with E-state index in [0.717, 1.165) is 5.56 Å². The molecule has 1 atom stereocenters. The van der Waals surface area contributed by atoms with Crippen LogP contribution in [-0.4, -0.2) is 22.2 Å². The maximum Gasteiger partial charge on any atom is 0.335 e. The molecule has 15 heavy (non-hydrogen) atoms. The summed E-state index contributed by atoms with van der Waals surface area (Å²) >= 11 is 0. The maximum absolute atomic E-state index is 10.9. The molecule has 0 amide bonds. The zero-order valence-electron chi connectivity index (χ0n) is 7.93. The van der Waals surface area contributed by atoms with Crippen LogP contribution in [0.1, 0.15) is 33.8 Å². The normalized spacial score (nSPS) is 18.5. The Morgan fingerprint density at radius 1 is 1.27 bits per heavy atom. The van der Waals surface area contributed by atoms with Crippen molar-refractivity contribution < 1.29 is 19.8 Å². The van der Waals surface area contributed by atoms with Gasteiger partial charge in [-0.2, -0.15) is 0 Å². The first-order chi connectivity index (χ1) is 7.11. The average molecular weight is 206 g/mol. The summed E-state index contributed by atoms with van der Waals surface area (Å²) in [5.74, 6) is -2.66. The standard InChI is InChI=1S/C11H10O4/c12-10(13)7-3-1-2-6-4-5-8(9(6)7)11(14)15/h1-3,8H,4-5H2,(H,12,13)(H,14,15). The van der Waals surface area contributed by atoms with Crippen LogP contribution in [0, 0.1) is 0 Å². The highest BCUT2D eigenvalue weighted by Crippen LogP contribution is 2.35. The van der Waals surface area contributed by atoms with Gasteiger partial charge in [-0.1, -0.05) is 12.1 Å². The van der Waals surface area contributed by atoms with Gasteiger partial charge in [-0.15, -0.1) is 0 Å². The molecule has 1 aromatic carbocycles. The Bertz CT molecular complexity index is 436. The molecule has 4 nitrogen and oxygen atoms in total. The number of hydrogen-bond acceptors (Lipinski definition) is 2. The number of hydrogen-bond donors (Lipinski definition) is 2. The third kappa shape index (κ3) is 1.48. The van der Waals surface area contributed by atoms with Gasteiger partial charge in [-0.25, -0.2) is 4.79 Å². The van der Waals surface area contributed by atoms with Gasteiger partial charge in [0, 0.05) is 0 Å². The van der Waals surface area contributed by atoms with Gasteiger partial charge in [0.15, 0.2) is 0 Å². The van der Waals surface area contributed by atoms with Crippen molar-refractivity contribution >= 4 is 11.9 Å². The molecule has 0 radical (unpaired) electrons. The monoisotopic (exact) mass is 206 g/mol. The van der Waals surface area contributed by atoms with Crippen LogP contribution in [-0.2, 0) is 11.2 Å². The molecule has 0 saturated carbocycles. The van der Waals surface area contributed by atoms with E-state index in [9.17, 15) is 9.59 Å². The van der Waals surface area contributed by atoms with Crippen LogP contribution in [0.2, 0.25) is 0 Å². The lowest BCUT2D eigenvalue weighted by atomic mass is 9.96. The number of fused-ring (bicyclic) bond motifs is 1. The van der Waals surface area contributed by atoms with E-state index >= 15 is 0 Å². The van der Waals surface area contributed by atoms with Crippen molar-refractivity contribution in [2.45, 2.75) is 18.8 Å². The Morgan fingerprint density at radius 3 is 2.60 bits per heavy atom. The molecule has 1 unspecified atom stereocenters. The lowest BCUT2D eigenvalue weighted by Crippen LogP contribution is -2.12. The molecule has 0 aromatic heterocycles. The van der Waals surface area contributed by atoms with Crippen molar-refractivity contribution in [3.8, 4) is 0 Å². The molecule has 0 bridgehead atoms. The molecule has 2 rings (SSSR count). The second kappa shape index (κ2) is 3.38. The molecule has 0 spiro atoms. The maximum atomic E-state index is 10.9. The van der Waals surface area contributed by atoms with Gasteiger partial charge in [-0.05, 0) is 30.0 Å². The zero-order chi connectivity index (χ0) is 11.0. The lowest BCUT2D eigenvalue weighted by Gasteiger charge is -2.08. The number of carboxylic acids is 2. The minimum atomic E-state index is -1.06. The summed E-state index contributed by atoms with van der Waals surface area (Å²) in [6.07, 6.45) is 1.14. The van der Waals surface area contributed by atoms with Crippen molar-refractivity contribution in [2.24, 2.45) is 0 Å². The van der Waals surface area contributed by atoms with E-state index in [1.807, 2.05) is 0 Å². The van der Waals surface area contributed by atoms with Crippen LogP contribution < -0.4 is 0 Å². The molecule has 0 heterocycles. The Morgan fingerprint density at radius 2 is 2.00 bits per heavy atom. The van der Waals surface area contributed by atoms with Crippen molar-refractivity contribution in [1.29, 1.82) is 0 Å². The minimum Gasteiger partial charge on any atom is -0.481 e. The first-order valence-corrected chi connectivity index (χ1v) is 4.69. The number of aliphatic carboxylic acids is 1. The summed E-state index contributed by atoms with van der Waals surface area (Å²) in [6, 6.07) is 4.92. The molecule has 78 valence electrons. The van der Waals surface area contributed by atoms with Crippen LogP contribution in [0.4, 0.5) is 0 Å². The molecule has 0 aliphatic heterocycles. The predicted octanol–water partition coefficient (Wildman–Crippen LogP) is 1.50. The van der Waals surface area contributed by atoms with Gasteiger partial charge < -0.3 is 10.2 Å². The molecule has 1 aromatic rings. The highest BCUT2D eigenvalue weighted by Gasteiger charge is 2.32. The number of carboxylic acid groups (broad SMARTS) is 2.